The molecule has 2 saturated heterocycles. The van der Waals surface area contributed by atoms with Crippen LogP contribution in [0.2, 0.25) is 0 Å². The summed E-state index contributed by atoms with van der Waals surface area (Å²) in [4.78, 5) is 24.5. The number of halogens is 1. The third kappa shape index (κ3) is 4.42. The first kappa shape index (κ1) is 21.7. The van der Waals surface area contributed by atoms with Crippen molar-refractivity contribution in [2.24, 2.45) is 5.41 Å². The first-order valence-corrected chi connectivity index (χ1v) is 11.0. The number of anilines is 1. The molecule has 0 unspecified atom stereocenters. The van der Waals surface area contributed by atoms with Gasteiger partial charge in [-0.3, -0.25) is 4.79 Å². The molecule has 2 aromatic rings. The summed E-state index contributed by atoms with van der Waals surface area (Å²) in [5, 5.41) is 0. The van der Waals surface area contributed by atoms with Crippen LogP contribution in [-0.4, -0.2) is 47.1 Å². The third-order valence-electron chi connectivity index (χ3n) is 7.02. The fourth-order valence-electron chi connectivity index (χ4n) is 4.93. The van der Waals surface area contributed by atoms with E-state index in [0.29, 0.717) is 62.8 Å². The lowest BCUT2D eigenvalue weighted by Gasteiger charge is -2.44. The second-order valence-corrected chi connectivity index (χ2v) is 9.24. The van der Waals surface area contributed by atoms with Crippen molar-refractivity contribution in [2.45, 2.75) is 51.4 Å². The largest absolute Gasteiger partial charge is 0.384 e. The van der Waals surface area contributed by atoms with Gasteiger partial charge in [0.15, 0.2) is 0 Å². The summed E-state index contributed by atoms with van der Waals surface area (Å²) in [6.45, 7) is 6.39. The number of benzene rings is 1. The number of rotatable bonds is 4. The molecule has 1 amide bonds. The van der Waals surface area contributed by atoms with Gasteiger partial charge in [0.05, 0.1) is 11.1 Å². The number of piperidine rings is 1. The van der Waals surface area contributed by atoms with Gasteiger partial charge in [0, 0.05) is 37.8 Å². The molecular formula is C24H31FN4O2. The summed E-state index contributed by atoms with van der Waals surface area (Å²) in [5.41, 5.74) is 6.73. The monoisotopic (exact) mass is 426 g/mol. The number of carbonyl (C=O) groups is 1. The average Bonchev–Trinajstić information content (AvgIpc) is 2.75. The van der Waals surface area contributed by atoms with Gasteiger partial charge >= 0.3 is 0 Å². The zero-order valence-electron chi connectivity index (χ0n) is 18.4. The zero-order chi connectivity index (χ0) is 22.1. The van der Waals surface area contributed by atoms with Crippen molar-refractivity contribution in [3.8, 4) is 0 Å². The van der Waals surface area contributed by atoms with Crippen LogP contribution in [0.5, 0.6) is 0 Å². The number of ether oxygens (including phenoxy) is 1. The number of aromatic nitrogens is 2. The van der Waals surface area contributed by atoms with E-state index in [4.69, 9.17) is 10.5 Å². The Hall–Kier alpha value is -2.54. The zero-order valence-corrected chi connectivity index (χ0v) is 18.4. The molecule has 0 atom stereocenters. The van der Waals surface area contributed by atoms with Crippen LogP contribution in [0.15, 0.2) is 30.3 Å². The topological polar surface area (TPSA) is 81.3 Å². The second-order valence-electron chi connectivity index (χ2n) is 9.24. The Labute approximate surface area is 183 Å². The normalized spacial score (nSPS) is 20.4. The van der Waals surface area contributed by atoms with Crippen LogP contribution in [-0.2, 0) is 21.4 Å². The molecule has 0 bridgehead atoms. The van der Waals surface area contributed by atoms with Crippen LogP contribution in [0.4, 0.5) is 10.2 Å². The van der Waals surface area contributed by atoms with E-state index in [-0.39, 0.29) is 17.1 Å². The lowest BCUT2D eigenvalue weighted by molar-refractivity contribution is -0.149. The Kier molecular flexibility index (Phi) is 5.97. The standard InChI is InChI=1S/C24H31FN4O2/c1-17-27-20(15-21(26)28-17)23(2)7-11-29(12-8-23)22(30)24(9-13-31-14-10-24)16-18-5-3-4-6-19(18)25/h3-6,15H,7-14,16H2,1-2H3,(H2,26,27,28). The van der Waals surface area contributed by atoms with E-state index in [1.807, 2.05) is 24.0 Å². The van der Waals surface area contributed by atoms with Crippen molar-refractivity contribution in [3.05, 3.63) is 53.2 Å². The van der Waals surface area contributed by atoms with E-state index < -0.39 is 5.41 Å². The number of nitrogens with two attached hydrogens (primary N) is 1. The van der Waals surface area contributed by atoms with Crippen LogP contribution in [0.1, 0.15) is 49.7 Å². The highest BCUT2D eigenvalue weighted by molar-refractivity contribution is 5.83. The van der Waals surface area contributed by atoms with Gasteiger partial charge in [-0.2, -0.15) is 0 Å². The smallest absolute Gasteiger partial charge is 0.229 e. The highest BCUT2D eigenvalue weighted by Gasteiger charge is 2.45. The molecule has 2 fully saturated rings. The maximum atomic E-state index is 14.4. The van der Waals surface area contributed by atoms with Crippen molar-refractivity contribution < 1.29 is 13.9 Å². The Bertz CT molecular complexity index is 930. The fourth-order valence-corrected chi connectivity index (χ4v) is 4.93. The minimum absolute atomic E-state index is 0.125. The molecular weight excluding hydrogens is 395 g/mol. The minimum Gasteiger partial charge on any atom is -0.384 e. The second kappa shape index (κ2) is 8.54. The first-order chi connectivity index (χ1) is 14.8. The molecule has 2 aliphatic rings. The Balaban J connectivity index is 1.52. The third-order valence-corrected chi connectivity index (χ3v) is 7.02. The molecule has 2 N–H and O–H groups in total. The molecule has 7 heteroatoms. The number of likely N-dealkylation sites (tertiary alicyclic amines) is 1. The van der Waals surface area contributed by atoms with Gasteiger partial charge in [-0.15, -0.1) is 0 Å². The summed E-state index contributed by atoms with van der Waals surface area (Å²) in [7, 11) is 0. The van der Waals surface area contributed by atoms with E-state index in [2.05, 4.69) is 16.9 Å². The number of hydrogen-bond acceptors (Lipinski definition) is 5. The number of nitrogens with zero attached hydrogens (tertiary/aromatic N) is 3. The van der Waals surface area contributed by atoms with Gasteiger partial charge in [-0.1, -0.05) is 25.1 Å². The molecule has 166 valence electrons. The molecule has 0 radical (unpaired) electrons. The van der Waals surface area contributed by atoms with E-state index >= 15 is 0 Å². The molecule has 3 heterocycles. The van der Waals surface area contributed by atoms with E-state index in [1.54, 1.807) is 12.1 Å². The number of aryl methyl sites for hydroxylation is 1. The van der Waals surface area contributed by atoms with Crippen LogP contribution in [0, 0.1) is 18.2 Å². The number of amides is 1. The van der Waals surface area contributed by atoms with Gasteiger partial charge in [0.25, 0.3) is 0 Å². The average molecular weight is 427 g/mol. The van der Waals surface area contributed by atoms with Crippen molar-refractivity contribution >= 4 is 11.7 Å². The highest BCUT2D eigenvalue weighted by atomic mass is 19.1. The van der Waals surface area contributed by atoms with Crippen LogP contribution < -0.4 is 5.73 Å². The van der Waals surface area contributed by atoms with Crippen molar-refractivity contribution in [3.63, 3.8) is 0 Å². The van der Waals surface area contributed by atoms with Crippen molar-refractivity contribution in [1.29, 1.82) is 0 Å². The summed E-state index contributed by atoms with van der Waals surface area (Å²) in [6, 6.07) is 8.62. The predicted molar refractivity (Wildman–Crippen MR) is 117 cm³/mol. The van der Waals surface area contributed by atoms with Gasteiger partial charge in [-0.25, -0.2) is 14.4 Å². The molecule has 1 aromatic carbocycles. The van der Waals surface area contributed by atoms with Crippen LogP contribution in [0.3, 0.4) is 0 Å². The predicted octanol–water partition coefficient (Wildman–Crippen LogP) is 3.43. The molecule has 1 aromatic heterocycles. The minimum atomic E-state index is -0.607. The maximum Gasteiger partial charge on any atom is 0.229 e. The molecule has 4 rings (SSSR count). The van der Waals surface area contributed by atoms with E-state index in [9.17, 15) is 9.18 Å². The Morgan fingerprint density at radius 2 is 1.84 bits per heavy atom. The number of hydrogen-bond donors (Lipinski definition) is 1. The van der Waals surface area contributed by atoms with E-state index in [1.165, 1.54) is 6.07 Å². The van der Waals surface area contributed by atoms with Gasteiger partial charge in [-0.05, 0) is 50.7 Å². The SMILES string of the molecule is Cc1nc(N)cc(C2(C)CCN(C(=O)C3(Cc4ccccc4F)CCOCC3)CC2)n1. The summed E-state index contributed by atoms with van der Waals surface area (Å²) < 4.78 is 19.9. The summed E-state index contributed by atoms with van der Waals surface area (Å²) in [5.74, 6) is 1.03. The first-order valence-electron chi connectivity index (χ1n) is 11.0. The summed E-state index contributed by atoms with van der Waals surface area (Å²) in [6.07, 6.45) is 3.27. The van der Waals surface area contributed by atoms with E-state index in [0.717, 1.165) is 18.5 Å². The molecule has 31 heavy (non-hydrogen) atoms. The maximum absolute atomic E-state index is 14.4. The Morgan fingerprint density at radius 3 is 2.48 bits per heavy atom. The molecule has 0 saturated carbocycles. The van der Waals surface area contributed by atoms with Crippen LogP contribution in [0.25, 0.3) is 0 Å². The van der Waals surface area contributed by atoms with Crippen molar-refractivity contribution in [2.75, 3.05) is 32.0 Å². The number of carbonyl (C=O) groups excluding carboxylic acids is 1. The molecule has 6 nitrogen and oxygen atoms in total. The fraction of sp³-hybridized carbons (Fsp3) is 0.542. The van der Waals surface area contributed by atoms with Gasteiger partial charge in [0.2, 0.25) is 5.91 Å². The number of nitrogen functional groups attached to an aromatic ring is 1. The lowest BCUT2D eigenvalue weighted by atomic mass is 9.72. The molecule has 2 aliphatic heterocycles. The highest BCUT2D eigenvalue weighted by Crippen LogP contribution is 2.40. The van der Waals surface area contributed by atoms with Gasteiger partial charge < -0.3 is 15.4 Å². The van der Waals surface area contributed by atoms with Gasteiger partial charge in [0.1, 0.15) is 17.5 Å². The molecule has 0 spiro atoms. The lowest BCUT2D eigenvalue weighted by Crippen LogP contribution is -2.52. The van der Waals surface area contributed by atoms with Crippen molar-refractivity contribution in [1.82, 2.24) is 14.9 Å². The van der Waals surface area contributed by atoms with Crippen LogP contribution >= 0.6 is 0 Å². The Morgan fingerprint density at radius 1 is 1.16 bits per heavy atom. The molecule has 0 aliphatic carbocycles. The quantitative estimate of drug-likeness (QED) is 0.810. The summed E-state index contributed by atoms with van der Waals surface area (Å²) >= 11 is 0.